The molecular weight excluding hydrogens is 214 g/mol. The minimum atomic E-state index is 0.154. The molecule has 92 valence electrons. The minimum Gasteiger partial charge on any atom is -0.396 e. The Labute approximate surface area is 102 Å². The van der Waals surface area contributed by atoms with E-state index in [9.17, 15) is 0 Å². The van der Waals surface area contributed by atoms with Gasteiger partial charge in [0.15, 0.2) is 0 Å². The van der Waals surface area contributed by atoms with Crippen molar-refractivity contribution in [3.05, 3.63) is 23.8 Å². The molecule has 0 bridgehead atoms. The Morgan fingerprint density at radius 1 is 1.47 bits per heavy atom. The fourth-order valence-electron chi connectivity index (χ4n) is 1.80. The van der Waals surface area contributed by atoms with Crippen molar-refractivity contribution in [2.75, 3.05) is 23.8 Å². The maximum Gasteiger partial charge on any atom is 0.101 e. The van der Waals surface area contributed by atoms with Crippen molar-refractivity contribution in [2.24, 2.45) is 0 Å². The fraction of sp³-hybridized carbons (Fsp3) is 0.462. The molecule has 0 atom stereocenters. The summed E-state index contributed by atoms with van der Waals surface area (Å²) in [4.78, 5) is 2.10. The van der Waals surface area contributed by atoms with Crippen LogP contribution in [0, 0.1) is 11.3 Å². The summed E-state index contributed by atoms with van der Waals surface area (Å²) >= 11 is 0. The first-order valence-electron chi connectivity index (χ1n) is 5.78. The predicted octanol–water partition coefficient (Wildman–Crippen LogP) is 1.74. The van der Waals surface area contributed by atoms with Gasteiger partial charge in [0.25, 0.3) is 0 Å². The summed E-state index contributed by atoms with van der Waals surface area (Å²) in [6.07, 6.45) is 0.689. The first-order valence-corrected chi connectivity index (χ1v) is 5.78. The normalized spacial score (nSPS) is 10.3. The van der Waals surface area contributed by atoms with E-state index in [1.165, 1.54) is 0 Å². The molecule has 17 heavy (non-hydrogen) atoms. The number of hydrogen-bond acceptors (Lipinski definition) is 4. The molecule has 0 aliphatic carbocycles. The first kappa shape index (κ1) is 13.3. The van der Waals surface area contributed by atoms with Crippen LogP contribution in [-0.4, -0.2) is 24.3 Å². The fourth-order valence-corrected chi connectivity index (χ4v) is 1.80. The van der Waals surface area contributed by atoms with Gasteiger partial charge in [-0.2, -0.15) is 5.26 Å². The van der Waals surface area contributed by atoms with Crippen molar-refractivity contribution in [3.8, 4) is 6.07 Å². The number of aliphatic hydroxyl groups is 1. The van der Waals surface area contributed by atoms with E-state index in [1.807, 2.05) is 12.1 Å². The molecule has 0 heterocycles. The van der Waals surface area contributed by atoms with Gasteiger partial charge in [0.05, 0.1) is 16.9 Å². The van der Waals surface area contributed by atoms with E-state index in [0.29, 0.717) is 17.7 Å². The molecule has 0 saturated heterocycles. The number of nitrogen functional groups attached to an aromatic ring is 1. The summed E-state index contributed by atoms with van der Waals surface area (Å²) in [6.45, 7) is 5.01. The third-order valence-electron chi connectivity index (χ3n) is 2.69. The lowest BCUT2D eigenvalue weighted by atomic mass is 10.1. The number of benzene rings is 1. The zero-order valence-corrected chi connectivity index (χ0v) is 10.3. The lowest BCUT2D eigenvalue weighted by molar-refractivity contribution is 0.288. The van der Waals surface area contributed by atoms with Crippen LogP contribution in [0.25, 0.3) is 0 Å². The van der Waals surface area contributed by atoms with E-state index in [-0.39, 0.29) is 12.6 Å². The third-order valence-corrected chi connectivity index (χ3v) is 2.69. The van der Waals surface area contributed by atoms with Crippen molar-refractivity contribution >= 4 is 11.4 Å². The number of anilines is 2. The summed E-state index contributed by atoms with van der Waals surface area (Å²) in [5.74, 6) is 0. The lowest BCUT2D eigenvalue weighted by Gasteiger charge is -2.30. The van der Waals surface area contributed by atoms with E-state index in [2.05, 4.69) is 24.8 Å². The third kappa shape index (κ3) is 3.11. The topological polar surface area (TPSA) is 73.3 Å². The van der Waals surface area contributed by atoms with Crippen LogP contribution in [0.5, 0.6) is 0 Å². The molecule has 0 aliphatic rings. The van der Waals surface area contributed by atoms with Gasteiger partial charge in [-0.25, -0.2) is 0 Å². The first-order chi connectivity index (χ1) is 8.11. The molecule has 3 N–H and O–H groups in total. The van der Waals surface area contributed by atoms with Crippen molar-refractivity contribution in [1.82, 2.24) is 0 Å². The van der Waals surface area contributed by atoms with Gasteiger partial charge in [-0.3, -0.25) is 0 Å². The van der Waals surface area contributed by atoms with Gasteiger partial charge in [0.2, 0.25) is 0 Å². The largest absolute Gasteiger partial charge is 0.396 e. The number of nitrogens with zero attached hydrogens (tertiary/aromatic N) is 2. The highest BCUT2D eigenvalue weighted by Gasteiger charge is 2.14. The molecule has 1 aromatic rings. The van der Waals surface area contributed by atoms with Gasteiger partial charge in [0.1, 0.15) is 6.07 Å². The zero-order chi connectivity index (χ0) is 12.8. The number of aliphatic hydroxyl groups excluding tert-OH is 1. The van der Waals surface area contributed by atoms with Gasteiger partial charge in [0, 0.05) is 19.2 Å². The predicted molar refractivity (Wildman–Crippen MR) is 69.8 cm³/mol. The van der Waals surface area contributed by atoms with Crippen molar-refractivity contribution in [1.29, 1.82) is 5.26 Å². The standard InChI is InChI=1S/C13H19N3O/c1-10(2)16(7-4-8-17)12-6-3-5-11(9-14)13(12)15/h3,5-6,10,17H,4,7-8,15H2,1-2H3. The highest BCUT2D eigenvalue weighted by atomic mass is 16.3. The quantitative estimate of drug-likeness (QED) is 0.760. The Morgan fingerprint density at radius 2 is 2.18 bits per heavy atom. The maximum absolute atomic E-state index is 8.95. The van der Waals surface area contributed by atoms with Crippen LogP contribution < -0.4 is 10.6 Å². The second-order valence-corrected chi connectivity index (χ2v) is 4.21. The number of para-hydroxylation sites is 1. The molecule has 0 amide bonds. The molecule has 1 aromatic carbocycles. The smallest absolute Gasteiger partial charge is 0.101 e. The molecule has 0 unspecified atom stereocenters. The zero-order valence-electron chi connectivity index (χ0n) is 10.3. The highest BCUT2D eigenvalue weighted by molar-refractivity contribution is 5.74. The summed E-state index contributed by atoms with van der Waals surface area (Å²) < 4.78 is 0. The van der Waals surface area contributed by atoms with E-state index < -0.39 is 0 Å². The molecule has 4 heteroatoms. The average Bonchev–Trinajstić information content (AvgIpc) is 2.31. The molecule has 0 saturated carbocycles. The monoisotopic (exact) mass is 233 g/mol. The summed E-state index contributed by atoms with van der Waals surface area (Å²) in [5, 5.41) is 17.9. The van der Waals surface area contributed by atoms with E-state index in [0.717, 1.165) is 12.2 Å². The van der Waals surface area contributed by atoms with Crippen LogP contribution in [-0.2, 0) is 0 Å². The van der Waals surface area contributed by atoms with Crippen molar-refractivity contribution in [2.45, 2.75) is 26.3 Å². The number of nitriles is 1. The Hall–Kier alpha value is -1.73. The molecule has 0 fully saturated rings. The van der Waals surface area contributed by atoms with Crippen molar-refractivity contribution < 1.29 is 5.11 Å². The Morgan fingerprint density at radius 3 is 2.71 bits per heavy atom. The summed E-state index contributed by atoms with van der Waals surface area (Å²) in [5.41, 5.74) is 7.86. The molecule has 0 radical (unpaired) electrons. The van der Waals surface area contributed by atoms with Crippen molar-refractivity contribution in [3.63, 3.8) is 0 Å². The molecule has 1 rings (SSSR count). The second-order valence-electron chi connectivity index (χ2n) is 4.21. The maximum atomic E-state index is 8.95. The molecule has 0 spiro atoms. The Kier molecular flexibility index (Phi) is 4.80. The van der Waals surface area contributed by atoms with Crippen LogP contribution >= 0.6 is 0 Å². The van der Waals surface area contributed by atoms with Gasteiger partial charge in [-0.1, -0.05) is 6.07 Å². The van der Waals surface area contributed by atoms with Crippen LogP contribution in [0.3, 0.4) is 0 Å². The van der Waals surface area contributed by atoms with Crippen LogP contribution in [0.15, 0.2) is 18.2 Å². The Bertz CT molecular complexity index is 410. The van der Waals surface area contributed by atoms with Gasteiger partial charge < -0.3 is 15.7 Å². The number of nitrogens with two attached hydrogens (primary N) is 1. The summed E-state index contributed by atoms with van der Waals surface area (Å²) in [7, 11) is 0. The van der Waals surface area contributed by atoms with Crippen LogP contribution in [0.4, 0.5) is 11.4 Å². The lowest BCUT2D eigenvalue weighted by Crippen LogP contribution is -2.33. The summed E-state index contributed by atoms with van der Waals surface area (Å²) in [6, 6.07) is 7.81. The number of hydrogen-bond donors (Lipinski definition) is 2. The molecular formula is C13H19N3O. The van der Waals surface area contributed by atoms with Gasteiger partial charge in [-0.05, 0) is 32.4 Å². The molecule has 0 aliphatic heterocycles. The highest BCUT2D eigenvalue weighted by Crippen LogP contribution is 2.27. The van der Waals surface area contributed by atoms with Crippen LogP contribution in [0.1, 0.15) is 25.8 Å². The second kappa shape index (κ2) is 6.12. The van der Waals surface area contributed by atoms with E-state index >= 15 is 0 Å². The molecule has 4 nitrogen and oxygen atoms in total. The number of rotatable bonds is 5. The van der Waals surface area contributed by atoms with E-state index in [4.69, 9.17) is 16.1 Å². The van der Waals surface area contributed by atoms with Gasteiger partial charge in [-0.15, -0.1) is 0 Å². The Balaban J connectivity index is 3.06. The van der Waals surface area contributed by atoms with Crippen LogP contribution in [0.2, 0.25) is 0 Å². The van der Waals surface area contributed by atoms with Gasteiger partial charge >= 0.3 is 0 Å². The minimum absolute atomic E-state index is 0.154. The SMILES string of the molecule is CC(C)N(CCCO)c1cccc(C#N)c1N. The van der Waals surface area contributed by atoms with E-state index in [1.54, 1.807) is 6.07 Å². The average molecular weight is 233 g/mol. The molecule has 0 aromatic heterocycles.